The van der Waals surface area contributed by atoms with E-state index < -0.39 is 0 Å². The summed E-state index contributed by atoms with van der Waals surface area (Å²) in [5.74, 6) is 0. The maximum Gasteiger partial charge on any atom is 0.0575 e. The highest BCUT2D eigenvalue weighted by atomic mass is 16.3. The van der Waals surface area contributed by atoms with Crippen molar-refractivity contribution in [3.63, 3.8) is 0 Å². The highest BCUT2D eigenvalue weighted by Crippen LogP contribution is 2.37. The number of aliphatic hydroxyl groups excluding tert-OH is 1. The Labute approximate surface area is 81.9 Å². The number of aliphatic hydroxyl groups is 1. The normalized spacial score (nSPS) is 29.1. The molecule has 0 aromatic carbocycles. The van der Waals surface area contributed by atoms with E-state index in [0.717, 1.165) is 19.4 Å². The summed E-state index contributed by atoms with van der Waals surface area (Å²) >= 11 is 0. The number of likely N-dealkylation sites (tertiary alicyclic amines) is 1. The van der Waals surface area contributed by atoms with Gasteiger partial charge in [0.1, 0.15) is 0 Å². The Bertz CT molecular complexity index is 169. The molecule has 0 radical (unpaired) electrons. The summed E-state index contributed by atoms with van der Waals surface area (Å²) in [6, 6.07) is 0. The molecule has 0 aliphatic carbocycles. The number of hydrogen-bond donors (Lipinski definition) is 1. The number of rotatable bonds is 1. The second-order valence-corrected chi connectivity index (χ2v) is 5.43. The molecule has 0 saturated carbocycles. The fraction of sp³-hybridized carbons (Fsp3) is 1.00. The van der Waals surface area contributed by atoms with E-state index in [9.17, 15) is 5.11 Å². The Balaban J connectivity index is 2.88. The van der Waals surface area contributed by atoms with Crippen molar-refractivity contribution in [1.29, 1.82) is 0 Å². The number of piperidine rings is 1. The van der Waals surface area contributed by atoms with Crippen LogP contribution in [0, 0.1) is 0 Å². The van der Waals surface area contributed by atoms with E-state index in [0.29, 0.717) is 0 Å². The van der Waals surface area contributed by atoms with E-state index >= 15 is 0 Å². The van der Waals surface area contributed by atoms with Gasteiger partial charge in [0.05, 0.1) is 6.10 Å². The molecule has 0 aromatic rings. The van der Waals surface area contributed by atoms with Gasteiger partial charge >= 0.3 is 0 Å². The number of hydrogen-bond acceptors (Lipinski definition) is 2. The molecule has 0 amide bonds. The van der Waals surface area contributed by atoms with Crippen LogP contribution in [0.2, 0.25) is 0 Å². The van der Waals surface area contributed by atoms with Crippen molar-refractivity contribution in [1.82, 2.24) is 4.90 Å². The maximum atomic E-state index is 9.77. The minimum absolute atomic E-state index is 0.132. The molecule has 0 atom stereocenters. The van der Waals surface area contributed by atoms with Gasteiger partial charge in [-0.1, -0.05) is 6.92 Å². The lowest BCUT2D eigenvalue weighted by Gasteiger charge is -2.54. The van der Waals surface area contributed by atoms with Gasteiger partial charge in [0.2, 0.25) is 0 Å². The summed E-state index contributed by atoms with van der Waals surface area (Å²) in [7, 11) is 0. The van der Waals surface area contributed by atoms with Gasteiger partial charge in [-0.15, -0.1) is 0 Å². The molecule has 0 aromatic heterocycles. The lowest BCUT2D eigenvalue weighted by atomic mass is 9.78. The Hall–Kier alpha value is -0.0800. The fourth-order valence-electron chi connectivity index (χ4n) is 3.12. The zero-order chi connectivity index (χ0) is 10.3. The fourth-order valence-corrected chi connectivity index (χ4v) is 3.12. The molecule has 2 heteroatoms. The standard InChI is InChI=1S/C11H23NO/c1-6-12-10(2,3)7-9(13)8-11(12,4)5/h9,13H,6-8H2,1-5H3. The molecule has 1 fully saturated rings. The van der Waals surface area contributed by atoms with Crippen molar-refractivity contribution < 1.29 is 5.11 Å². The van der Waals surface area contributed by atoms with Crippen LogP contribution >= 0.6 is 0 Å². The van der Waals surface area contributed by atoms with Gasteiger partial charge in [0.25, 0.3) is 0 Å². The lowest BCUT2D eigenvalue weighted by Crippen LogP contribution is -2.61. The van der Waals surface area contributed by atoms with Crippen LogP contribution in [0.25, 0.3) is 0 Å². The summed E-state index contributed by atoms with van der Waals surface area (Å²) in [6.45, 7) is 12.1. The molecule has 1 aliphatic rings. The Kier molecular flexibility index (Phi) is 2.75. The lowest BCUT2D eigenvalue weighted by molar-refractivity contribution is -0.0773. The van der Waals surface area contributed by atoms with Gasteiger partial charge in [0, 0.05) is 11.1 Å². The monoisotopic (exact) mass is 185 g/mol. The first-order valence-corrected chi connectivity index (χ1v) is 5.25. The molecule has 2 nitrogen and oxygen atoms in total. The van der Waals surface area contributed by atoms with Crippen LogP contribution in [-0.4, -0.2) is 33.7 Å². The zero-order valence-electron chi connectivity index (χ0n) is 9.59. The summed E-state index contributed by atoms with van der Waals surface area (Å²) in [6.07, 6.45) is 1.65. The molecule has 1 aliphatic heterocycles. The van der Waals surface area contributed by atoms with Crippen molar-refractivity contribution in [3.05, 3.63) is 0 Å². The first-order chi connectivity index (χ1) is 5.79. The second kappa shape index (κ2) is 3.25. The van der Waals surface area contributed by atoms with Crippen molar-refractivity contribution in [2.24, 2.45) is 0 Å². The van der Waals surface area contributed by atoms with E-state index in [2.05, 4.69) is 39.5 Å². The third kappa shape index (κ3) is 2.05. The number of nitrogens with zero attached hydrogens (tertiary/aromatic N) is 1. The summed E-state index contributed by atoms with van der Waals surface area (Å²) < 4.78 is 0. The van der Waals surface area contributed by atoms with E-state index in [4.69, 9.17) is 0 Å². The van der Waals surface area contributed by atoms with Crippen molar-refractivity contribution in [2.75, 3.05) is 6.54 Å². The van der Waals surface area contributed by atoms with Crippen molar-refractivity contribution >= 4 is 0 Å². The second-order valence-electron chi connectivity index (χ2n) is 5.43. The van der Waals surface area contributed by atoms with Gasteiger partial charge in [-0.3, -0.25) is 4.90 Å². The minimum atomic E-state index is -0.132. The van der Waals surface area contributed by atoms with Gasteiger partial charge in [-0.2, -0.15) is 0 Å². The predicted molar refractivity (Wildman–Crippen MR) is 55.8 cm³/mol. The first kappa shape index (κ1) is 11.0. The molecular formula is C11H23NO. The summed E-state index contributed by atoms with van der Waals surface area (Å²) in [4.78, 5) is 2.49. The third-order valence-corrected chi connectivity index (χ3v) is 3.25. The van der Waals surface area contributed by atoms with E-state index in [1.165, 1.54) is 0 Å². The Morgan fingerprint density at radius 3 is 1.85 bits per heavy atom. The Morgan fingerprint density at radius 2 is 1.54 bits per heavy atom. The molecule has 1 N–H and O–H groups in total. The molecule has 1 heterocycles. The molecule has 1 rings (SSSR count). The predicted octanol–water partition coefficient (Wildman–Crippen LogP) is 2.02. The van der Waals surface area contributed by atoms with Crippen LogP contribution < -0.4 is 0 Å². The molecule has 0 spiro atoms. The van der Waals surface area contributed by atoms with Crippen LogP contribution in [-0.2, 0) is 0 Å². The van der Waals surface area contributed by atoms with Crippen molar-refractivity contribution in [2.45, 2.75) is 64.6 Å². The summed E-state index contributed by atoms with van der Waals surface area (Å²) in [5, 5.41) is 9.77. The van der Waals surface area contributed by atoms with Gasteiger partial charge in [-0.05, 0) is 47.1 Å². The molecule has 13 heavy (non-hydrogen) atoms. The minimum Gasteiger partial charge on any atom is -0.393 e. The largest absolute Gasteiger partial charge is 0.393 e. The van der Waals surface area contributed by atoms with Gasteiger partial charge in [-0.25, -0.2) is 0 Å². The van der Waals surface area contributed by atoms with Crippen molar-refractivity contribution in [3.8, 4) is 0 Å². The molecule has 1 saturated heterocycles. The smallest absolute Gasteiger partial charge is 0.0575 e. The molecule has 0 unspecified atom stereocenters. The first-order valence-electron chi connectivity index (χ1n) is 5.25. The van der Waals surface area contributed by atoms with Crippen LogP contribution in [0.5, 0.6) is 0 Å². The average Bonchev–Trinajstić information content (AvgIpc) is 1.79. The quantitative estimate of drug-likeness (QED) is 0.675. The van der Waals surface area contributed by atoms with Crippen LogP contribution in [0.4, 0.5) is 0 Å². The van der Waals surface area contributed by atoms with E-state index in [1.54, 1.807) is 0 Å². The van der Waals surface area contributed by atoms with Gasteiger partial charge < -0.3 is 5.11 Å². The average molecular weight is 185 g/mol. The highest BCUT2D eigenvalue weighted by Gasteiger charge is 2.43. The van der Waals surface area contributed by atoms with E-state index in [1.807, 2.05) is 0 Å². The molecule has 78 valence electrons. The Morgan fingerprint density at radius 1 is 1.15 bits per heavy atom. The molecular weight excluding hydrogens is 162 g/mol. The zero-order valence-corrected chi connectivity index (χ0v) is 9.59. The van der Waals surface area contributed by atoms with E-state index in [-0.39, 0.29) is 17.2 Å². The van der Waals surface area contributed by atoms with Gasteiger partial charge in [0.15, 0.2) is 0 Å². The SMILES string of the molecule is CCN1C(C)(C)CC(O)CC1(C)C. The molecule has 0 bridgehead atoms. The van der Waals surface area contributed by atoms with Crippen LogP contribution in [0.15, 0.2) is 0 Å². The maximum absolute atomic E-state index is 9.77. The topological polar surface area (TPSA) is 23.5 Å². The summed E-state index contributed by atoms with van der Waals surface area (Å²) in [5.41, 5.74) is 0.270. The third-order valence-electron chi connectivity index (χ3n) is 3.25. The highest BCUT2D eigenvalue weighted by molar-refractivity contribution is 4.99. The van der Waals surface area contributed by atoms with Crippen LogP contribution in [0.3, 0.4) is 0 Å². The van der Waals surface area contributed by atoms with Crippen LogP contribution in [0.1, 0.15) is 47.5 Å².